The van der Waals surface area contributed by atoms with Crippen LogP contribution in [0.25, 0.3) is 6.08 Å². The highest BCUT2D eigenvalue weighted by molar-refractivity contribution is 5.91. The van der Waals surface area contributed by atoms with E-state index in [-0.39, 0.29) is 23.6 Å². The van der Waals surface area contributed by atoms with Crippen LogP contribution < -0.4 is 4.74 Å². The third-order valence-electron chi connectivity index (χ3n) is 4.90. The first-order valence-corrected chi connectivity index (χ1v) is 10.7. The van der Waals surface area contributed by atoms with Gasteiger partial charge in [-0.3, -0.25) is 4.79 Å². The van der Waals surface area contributed by atoms with Crippen LogP contribution in [0.1, 0.15) is 55.3 Å². The average Bonchev–Trinajstić information content (AvgIpc) is 3.21. The van der Waals surface area contributed by atoms with Gasteiger partial charge in [-0.05, 0) is 49.9 Å². The SMILES string of the molecule is CN(C)C(=O)c1cc(OCc2ccc(C=C3CCN(C(=O)OC(C)(C)C)CC3)cc2)no1. The van der Waals surface area contributed by atoms with Crippen molar-refractivity contribution in [1.29, 1.82) is 0 Å². The molecule has 2 aromatic rings. The fourth-order valence-electron chi connectivity index (χ4n) is 3.20. The van der Waals surface area contributed by atoms with Crippen molar-refractivity contribution in [1.82, 2.24) is 15.0 Å². The topological polar surface area (TPSA) is 85.1 Å². The summed E-state index contributed by atoms with van der Waals surface area (Å²) < 4.78 is 16.1. The van der Waals surface area contributed by atoms with Gasteiger partial charge >= 0.3 is 6.09 Å². The molecule has 0 unspecified atom stereocenters. The molecule has 0 aliphatic carbocycles. The number of carbonyl (C=O) groups is 2. The molecule has 1 aliphatic heterocycles. The molecule has 0 radical (unpaired) electrons. The Hall–Kier alpha value is -3.29. The molecular weight excluding hydrogens is 410 g/mol. The van der Waals surface area contributed by atoms with Crippen LogP contribution in [0.2, 0.25) is 0 Å². The summed E-state index contributed by atoms with van der Waals surface area (Å²) in [7, 11) is 3.29. The number of nitrogens with zero attached hydrogens (tertiary/aromatic N) is 3. The number of piperidine rings is 1. The first-order valence-electron chi connectivity index (χ1n) is 10.7. The van der Waals surface area contributed by atoms with Gasteiger partial charge in [0.25, 0.3) is 11.8 Å². The molecule has 0 spiro atoms. The van der Waals surface area contributed by atoms with Crippen molar-refractivity contribution in [3.63, 3.8) is 0 Å². The van der Waals surface area contributed by atoms with Gasteiger partial charge in [-0.25, -0.2) is 4.79 Å². The van der Waals surface area contributed by atoms with Crippen LogP contribution in [0.3, 0.4) is 0 Å². The number of hydrogen-bond acceptors (Lipinski definition) is 6. The minimum absolute atomic E-state index is 0.143. The normalized spacial score (nSPS) is 14.2. The summed E-state index contributed by atoms with van der Waals surface area (Å²) in [5, 5.41) is 3.78. The Labute approximate surface area is 188 Å². The average molecular weight is 442 g/mol. The largest absolute Gasteiger partial charge is 0.471 e. The summed E-state index contributed by atoms with van der Waals surface area (Å²) in [5.74, 6) is 0.157. The first-order chi connectivity index (χ1) is 15.1. The Morgan fingerprint density at radius 3 is 2.41 bits per heavy atom. The maximum atomic E-state index is 12.2. The number of ether oxygens (including phenoxy) is 2. The molecule has 32 heavy (non-hydrogen) atoms. The molecule has 172 valence electrons. The molecule has 8 nitrogen and oxygen atoms in total. The van der Waals surface area contributed by atoms with E-state index in [0.29, 0.717) is 19.7 Å². The second-order valence-corrected chi connectivity index (χ2v) is 9.03. The van der Waals surface area contributed by atoms with Crippen molar-refractivity contribution in [3.8, 4) is 5.88 Å². The van der Waals surface area contributed by atoms with Crippen LogP contribution in [0.4, 0.5) is 4.79 Å². The van der Waals surface area contributed by atoms with Gasteiger partial charge in [0.05, 0.1) is 6.07 Å². The van der Waals surface area contributed by atoms with E-state index >= 15 is 0 Å². The maximum Gasteiger partial charge on any atom is 0.410 e. The van der Waals surface area contributed by atoms with E-state index < -0.39 is 5.60 Å². The smallest absolute Gasteiger partial charge is 0.410 e. The van der Waals surface area contributed by atoms with E-state index in [1.54, 1.807) is 19.0 Å². The molecule has 8 heteroatoms. The minimum atomic E-state index is -0.474. The molecule has 2 heterocycles. The summed E-state index contributed by atoms with van der Waals surface area (Å²) in [6, 6.07) is 9.55. The lowest BCUT2D eigenvalue weighted by Gasteiger charge is -2.31. The molecule has 1 aromatic carbocycles. The Bertz CT molecular complexity index is 960. The third-order valence-corrected chi connectivity index (χ3v) is 4.90. The van der Waals surface area contributed by atoms with Crippen molar-refractivity contribution in [2.75, 3.05) is 27.2 Å². The number of aromatic nitrogens is 1. The molecular formula is C24H31N3O5. The Morgan fingerprint density at radius 1 is 1.16 bits per heavy atom. The van der Waals surface area contributed by atoms with Gasteiger partial charge in [-0.2, -0.15) is 0 Å². The van der Waals surface area contributed by atoms with E-state index in [0.717, 1.165) is 24.0 Å². The van der Waals surface area contributed by atoms with Gasteiger partial charge in [0, 0.05) is 27.2 Å². The molecule has 2 amide bonds. The van der Waals surface area contributed by atoms with Crippen LogP contribution in [-0.2, 0) is 11.3 Å². The van der Waals surface area contributed by atoms with Crippen molar-refractivity contribution in [2.24, 2.45) is 0 Å². The van der Waals surface area contributed by atoms with Gasteiger partial charge < -0.3 is 23.8 Å². The second-order valence-electron chi connectivity index (χ2n) is 9.03. The lowest BCUT2D eigenvalue weighted by Crippen LogP contribution is -2.40. The highest BCUT2D eigenvalue weighted by Crippen LogP contribution is 2.22. The monoisotopic (exact) mass is 441 g/mol. The molecule has 0 saturated carbocycles. The van der Waals surface area contributed by atoms with E-state index in [1.807, 2.05) is 45.0 Å². The summed E-state index contributed by atoms with van der Waals surface area (Å²) in [6.45, 7) is 7.30. The third kappa shape index (κ3) is 6.60. The minimum Gasteiger partial charge on any atom is -0.471 e. The van der Waals surface area contributed by atoms with Gasteiger partial charge in [-0.1, -0.05) is 35.9 Å². The standard InChI is InChI=1S/C24H31N3O5/c1-24(2,3)31-23(29)27-12-10-18(11-13-27)14-17-6-8-19(9-7-17)16-30-21-15-20(32-25-21)22(28)26(4)5/h6-9,14-15H,10-13,16H2,1-5H3. The summed E-state index contributed by atoms with van der Waals surface area (Å²) >= 11 is 0. The molecule has 3 rings (SSSR count). The Balaban J connectivity index is 1.49. The predicted molar refractivity (Wildman–Crippen MR) is 120 cm³/mol. The van der Waals surface area contributed by atoms with Gasteiger partial charge in [-0.15, -0.1) is 0 Å². The van der Waals surface area contributed by atoms with E-state index in [2.05, 4.69) is 11.2 Å². The first kappa shape index (κ1) is 23.4. The number of benzene rings is 1. The van der Waals surface area contributed by atoms with Gasteiger partial charge in [0.2, 0.25) is 5.76 Å². The predicted octanol–water partition coefficient (Wildman–Crippen LogP) is 4.37. The summed E-state index contributed by atoms with van der Waals surface area (Å²) in [6.07, 6.45) is 3.61. The molecule has 0 bridgehead atoms. The Morgan fingerprint density at radius 2 is 1.81 bits per heavy atom. The van der Waals surface area contributed by atoms with Gasteiger partial charge in [0.1, 0.15) is 12.2 Å². The number of amides is 2. The van der Waals surface area contributed by atoms with E-state index in [9.17, 15) is 9.59 Å². The zero-order valence-corrected chi connectivity index (χ0v) is 19.4. The fourth-order valence-corrected chi connectivity index (χ4v) is 3.20. The zero-order valence-electron chi connectivity index (χ0n) is 19.4. The molecule has 0 N–H and O–H groups in total. The van der Waals surface area contributed by atoms with Crippen LogP contribution >= 0.6 is 0 Å². The van der Waals surface area contributed by atoms with Crippen LogP contribution in [-0.4, -0.2) is 59.7 Å². The van der Waals surface area contributed by atoms with Crippen molar-refractivity contribution >= 4 is 18.1 Å². The zero-order chi connectivity index (χ0) is 23.3. The number of hydrogen-bond donors (Lipinski definition) is 0. The molecule has 1 fully saturated rings. The van der Waals surface area contributed by atoms with E-state index in [4.69, 9.17) is 14.0 Å². The van der Waals surface area contributed by atoms with Crippen LogP contribution in [0, 0.1) is 0 Å². The second kappa shape index (κ2) is 9.89. The lowest BCUT2D eigenvalue weighted by atomic mass is 10.0. The summed E-state index contributed by atoms with van der Waals surface area (Å²) in [4.78, 5) is 27.2. The molecule has 1 saturated heterocycles. The fraction of sp³-hybridized carbons (Fsp3) is 0.458. The molecule has 1 aliphatic rings. The highest BCUT2D eigenvalue weighted by Gasteiger charge is 2.24. The van der Waals surface area contributed by atoms with Gasteiger partial charge in [0.15, 0.2) is 0 Å². The van der Waals surface area contributed by atoms with Crippen molar-refractivity contribution in [3.05, 3.63) is 52.8 Å². The highest BCUT2D eigenvalue weighted by atomic mass is 16.6. The van der Waals surface area contributed by atoms with Crippen LogP contribution in [0.5, 0.6) is 5.88 Å². The van der Waals surface area contributed by atoms with Crippen LogP contribution in [0.15, 0.2) is 40.4 Å². The number of likely N-dealkylation sites (tertiary alicyclic amines) is 1. The number of carbonyl (C=O) groups excluding carboxylic acids is 2. The van der Waals surface area contributed by atoms with E-state index in [1.165, 1.54) is 16.5 Å². The molecule has 0 atom stereocenters. The maximum absolute atomic E-state index is 12.2. The Kier molecular flexibility index (Phi) is 7.22. The quantitative estimate of drug-likeness (QED) is 0.685. The lowest BCUT2D eigenvalue weighted by molar-refractivity contribution is 0.0236. The molecule has 1 aromatic heterocycles. The number of rotatable bonds is 5. The summed E-state index contributed by atoms with van der Waals surface area (Å²) in [5.41, 5.74) is 2.93. The van der Waals surface area contributed by atoms with Crippen molar-refractivity contribution in [2.45, 2.75) is 45.8 Å². The van der Waals surface area contributed by atoms with Crippen molar-refractivity contribution < 1.29 is 23.6 Å².